The van der Waals surface area contributed by atoms with E-state index in [0.29, 0.717) is 22.4 Å². The molecule has 0 spiro atoms. The Labute approximate surface area is 401 Å². The number of carbonyl (C=O) groups excluding carboxylic acids is 7. The molecule has 3 aliphatic heterocycles. The number of hydrogen-bond acceptors (Lipinski definition) is 14. The molecule has 5 heterocycles. The van der Waals surface area contributed by atoms with Crippen LogP contribution in [-0.2, 0) is 33.6 Å². The maximum absolute atomic E-state index is 14.0. The Morgan fingerprint density at radius 2 is 1.70 bits per heavy atom. The molecular weight excluding hydrogens is 924 g/mol. The first kappa shape index (κ1) is 51.0. The standard InChI is InChI=1S/C44H59ClN12O8S2/c1-21-22(2)67-42-34(21)35(24-9-11-25(45)12-10-24)50-27(38-55-54-23(3)57(38)42)14-31(59)48-15-28-39(63)51-29(37(46)62)18-66-19-33(61)52-36(43(4,5)6)41(65)56-17-26(58)13-30(56)40(64)53-44(7,8)20-47-16-32(60)49-28/h9-12,26-30,36,47,58H,13-20H2,1-8H3,(H2,46,62)(H,48,59)(H,49,60)(H,51,63)(H,52,61)(H,53,64)/t26-,27+,28-,29-,30+,36-/m1/s1. The number of nitrogens with one attached hydrogen (secondary N) is 6. The van der Waals surface area contributed by atoms with Gasteiger partial charge in [0.05, 0.1) is 30.5 Å². The number of hydrogen-bond donors (Lipinski definition) is 8. The van der Waals surface area contributed by atoms with Gasteiger partial charge in [0.25, 0.3) is 0 Å². The summed E-state index contributed by atoms with van der Waals surface area (Å²) in [6.07, 6.45) is -1.23. The monoisotopic (exact) mass is 982 g/mol. The molecule has 1 aromatic carbocycles. The number of thioether (sulfide) groups is 1. The minimum Gasteiger partial charge on any atom is -0.391 e. The van der Waals surface area contributed by atoms with Gasteiger partial charge in [-0.15, -0.1) is 33.3 Å². The fourth-order valence-corrected chi connectivity index (χ4v) is 10.3. The normalized spacial score (nSPS) is 24.6. The van der Waals surface area contributed by atoms with E-state index in [9.17, 15) is 38.7 Å². The van der Waals surface area contributed by atoms with Crippen molar-refractivity contribution in [2.45, 2.75) is 110 Å². The molecule has 362 valence electrons. The highest BCUT2D eigenvalue weighted by Gasteiger charge is 2.45. The van der Waals surface area contributed by atoms with Crippen molar-refractivity contribution in [3.8, 4) is 5.00 Å². The number of aliphatic hydroxyl groups excluding tert-OH is 1. The van der Waals surface area contributed by atoms with Crippen LogP contribution < -0.4 is 37.6 Å². The molecule has 6 atom stereocenters. The third-order valence-electron chi connectivity index (χ3n) is 11.7. The fourth-order valence-electron chi connectivity index (χ4n) is 8.06. The fraction of sp³-hybridized carbons (Fsp3) is 0.545. The van der Waals surface area contributed by atoms with E-state index in [1.807, 2.05) is 37.5 Å². The number of nitrogens with two attached hydrogens (primary N) is 1. The van der Waals surface area contributed by atoms with Crippen molar-refractivity contribution in [2.75, 3.05) is 37.7 Å². The van der Waals surface area contributed by atoms with Crippen molar-refractivity contribution < 1.29 is 38.7 Å². The second-order valence-electron chi connectivity index (χ2n) is 18.8. The van der Waals surface area contributed by atoms with E-state index in [1.165, 1.54) is 4.90 Å². The van der Waals surface area contributed by atoms with Gasteiger partial charge in [-0.2, -0.15) is 0 Å². The van der Waals surface area contributed by atoms with Crippen molar-refractivity contribution in [1.29, 1.82) is 0 Å². The van der Waals surface area contributed by atoms with Gasteiger partial charge in [-0.1, -0.05) is 44.5 Å². The molecule has 0 bridgehead atoms. The predicted molar refractivity (Wildman–Crippen MR) is 254 cm³/mol. The van der Waals surface area contributed by atoms with E-state index < -0.39 is 95.2 Å². The van der Waals surface area contributed by atoms with Gasteiger partial charge in [0, 0.05) is 58.4 Å². The lowest BCUT2D eigenvalue weighted by atomic mass is 9.85. The summed E-state index contributed by atoms with van der Waals surface area (Å²) in [6.45, 7) is 13.7. The van der Waals surface area contributed by atoms with Crippen molar-refractivity contribution in [1.82, 2.24) is 51.6 Å². The van der Waals surface area contributed by atoms with Crippen LogP contribution in [0.25, 0.3) is 5.00 Å². The molecule has 0 aliphatic carbocycles. The number of benzene rings is 1. The van der Waals surface area contributed by atoms with E-state index in [0.717, 1.165) is 38.3 Å². The average Bonchev–Trinajstić information content (AvgIpc) is 3.89. The van der Waals surface area contributed by atoms with Crippen LogP contribution in [0.15, 0.2) is 29.3 Å². The zero-order chi connectivity index (χ0) is 49.1. The highest BCUT2D eigenvalue weighted by atomic mass is 35.5. The van der Waals surface area contributed by atoms with Crippen LogP contribution in [-0.4, -0.2) is 145 Å². The topological polar surface area (TPSA) is 284 Å². The number of thiophene rings is 1. The molecule has 9 N–H and O–H groups in total. The average molecular weight is 984 g/mol. The second-order valence-corrected chi connectivity index (χ2v) is 21.4. The summed E-state index contributed by atoms with van der Waals surface area (Å²) < 4.78 is 1.90. The number of amides is 7. The summed E-state index contributed by atoms with van der Waals surface area (Å²) in [7, 11) is 0. The van der Waals surface area contributed by atoms with E-state index >= 15 is 0 Å². The number of aliphatic imine (C=N–C) groups is 1. The van der Waals surface area contributed by atoms with Crippen molar-refractivity contribution in [3.05, 3.63) is 62.5 Å². The van der Waals surface area contributed by atoms with Crippen LogP contribution in [0.4, 0.5) is 0 Å². The summed E-state index contributed by atoms with van der Waals surface area (Å²) in [4.78, 5) is 103. The number of halogens is 1. The molecular formula is C44H59ClN12O8S2. The molecule has 2 saturated heterocycles. The predicted octanol–water partition coefficient (Wildman–Crippen LogP) is 0.485. The largest absolute Gasteiger partial charge is 0.391 e. The molecule has 0 saturated carbocycles. The summed E-state index contributed by atoms with van der Waals surface area (Å²) in [5.74, 6) is -3.97. The van der Waals surface area contributed by atoms with E-state index in [4.69, 9.17) is 22.3 Å². The van der Waals surface area contributed by atoms with E-state index in [-0.39, 0.29) is 44.0 Å². The lowest BCUT2D eigenvalue weighted by Crippen LogP contribution is -2.60. The molecule has 7 amide bonds. The van der Waals surface area contributed by atoms with E-state index in [1.54, 1.807) is 58.1 Å². The Balaban J connectivity index is 1.23. The van der Waals surface area contributed by atoms with Gasteiger partial charge in [-0.25, -0.2) is 0 Å². The Hall–Kier alpha value is -5.42. The lowest BCUT2D eigenvalue weighted by molar-refractivity contribution is -0.144. The minimum atomic E-state index is -1.42. The van der Waals surface area contributed by atoms with Gasteiger partial charge in [-0.05, 0) is 57.7 Å². The van der Waals surface area contributed by atoms with Gasteiger partial charge in [0.1, 0.15) is 41.0 Å². The first-order valence-corrected chi connectivity index (χ1v) is 24.2. The molecule has 0 radical (unpaired) electrons. The van der Waals surface area contributed by atoms with Gasteiger partial charge >= 0.3 is 0 Å². The van der Waals surface area contributed by atoms with Gasteiger partial charge in [-0.3, -0.25) is 43.1 Å². The number of aliphatic hydroxyl groups is 1. The molecule has 0 unspecified atom stereocenters. The molecule has 2 aromatic heterocycles. The highest BCUT2D eigenvalue weighted by molar-refractivity contribution is 8.00. The van der Waals surface area contributed by atoms with Crippen LogP contribution in [0.1, 0.15) is 86.7 Å². The number of aryl methyl sites for hydroxylation is 2. The third kappa shape index (κ3) is 12.2. The first-order valence-electron chi connectivity index (χ1n) is 21.8. The molecule has 67 heavy (non-hydrogen) atoms. The maximum Gasteiger partial charge on any atom is 0.246 e. The third-order valence-corrected chi connectivity index (χ3v) is 14.1. The Bertz CT molecular complexity index is 2450. The van der Waals surface area contributed by atoms with Crippen LogP contribution in [0.3, 0.4) is 0 Å². The number of fused-ring (bicyclic) bond motifs is 4. The molecule has 6 rings (SSSR count). The van der Waals surface area contributed by atoms with Gasteiger partial charge in [0.2, 0.25) is 41.4 Å². The Kier molecular flexibility index (Phi) is 15.9. The van der Waals surface area contributed by atoms with Crippen molar-refractivity contribution >= 4 is 81.8 Å². The molecule has 3 aromatic rings. The minimum absolute atomic E-state index is 0.0214. The second kappa shape index (κ2) is 20.8. The SMILES string of the molecule is Cc1sc2c(c1C)C(c1ccc(Cl)cc1)=N[C@@H](CC(=O)NC[C@H]1NC(=O)CNCC(C)(C)NC(=O)[C@@H]3C[C@@H](O)CN3C(=O)[C@H](C(C)(C)C)NC(=O)CSC[C@H](C(N)=O)NC1=O)c1nnc(C)n1-2. The van der Waals surface area contributed by atoms with Crippen LogP contribution >= 0.6 is 34.7 Å². The van der Waals surface area contributed by atoms with E-state index in [2.05, 4.69) is 42.1 Å². The Morgan fingerprint density at radius 1 is 1.00 bits per heavy atom. The summed E-state index contributed by atoms with van der Waals surface area (Å²) in [5, 5.41) is 37.4. The van der Waals surface area contributed by atoms with Crippen molar-refractivity contribution in [3.63, 3.8) is 0 Å². The smallest absolute Gasteiger partial charge is 0.246 e. The summed E-state index contributed by atoms with van der Waals surface area (Å²) in [5.41, 5.74) is 7.22. The van der Waals surface area contributed by atoms with Crippen LogP contribution in [0, 0.1) is 26.2 Å². The molecule has 2 fully saturated rings. The molecule has 23 heteroatoms. The maximum atomic E-state index is 14.0. The summed E-state index contributed by atoms with van der Waals surface area (Å²) in [6, 6.07) is 1.55. The Morgan fingerprint density at radius 3 is 2.37 bits per heavy atom. The number of aromatic nitrogens is 3. The number of primary amides is 1. The zero-order valence-corrected chi connectivity index (χ0v) is 41.1. The van der Waals surface area contributed by atoms with Crippen LogP contribution in [0.5, 0.6) is 0 Å². The number of nitrogens with zero attached hydrogens (tertiary/aromatic N) is 5. The zero-order valence-electron chi connectivity index (χ0n) is 38.7. The lowest BCUT2D eigenvalue weighted by Gasteiger charge is -2.36. The number of rotatable bonds is 6. The molecule has 20 nitrogen and oxygen atoms in total. The van der Waals surface area contributed by atoms with Gasteiger partial charge in [0.15, 0.2) is 5.82 Å². The van der Waals surface area contributed by atoms with Crippen LogP contribution in [0.2, 0.25) is 5.02 Å². The number of carbonyl (C=O) groups is 7. The molecule has 3 aliphatic rings. The quantitative estimate of drug-likeness (QED) is 0.168. The first-order chi connectivity index (χ1) is 31.4. The van der Waals surface area contributed by atoms with Crippen molar-refractivity contribution in [2.24, 2.45) is 16.1 Å². The summed E-state index contributed by atoms with van der Waals surface area (Å²) >= 11 is 8.78. The highest BCUT2D eigenvalue weighted by Crippen LogP contribution is 2.39. The van der Waals surface area contributed by atoms with Gasteiger partial charge < -0.3 is 47.6 Å².